The highest BCUT2D eigenvalue weighted by Gasteiger charge is 2.21. The molecule has 0 aliphatic carbocycles. The van der Waals surface area contributed by atoms with Crippen molar-refractivity contribution in [3.8, 4) is 11.1 Å². The second-order valence-corrected chi connectivity index (χ2v) is 7.25. The van der Waals surface area contributed by atoms with Crippen LogP contribution in [0.15, 0.2) is 53.6 Å². The predicted molar refractivity (Wildman–Crippen MR) is 119 cm³/mol. The van der Waals surface area contributed by atoms with Gasteiger partial charge in [0.2, 0.25) is 0 Å². The molecule has 3 heterocycles. The first-order chi connectivity index (χ1) is 15.3. The average Bonchev–Trinajstić information content (AvgIpc) is 2.76. The normalized spacial score (nSPS) is 11.8. The van der Waals surface area contributed by atoms with Crippen LogP contribution in [-0.2, 0) is 0 Å². The number of nitrogens with zero attached hydrogens (tertiary/aromatic N) is 4. The maximum absolute atomic E-state index is 14.2. The van der Waals surface area contributed by atoms with Gasteiger partial charge in [-0.15, -0.1) is 0 Å². The molecule has 1 aromatic carbocycles. The summed E-state index contributed by atoms with van der Waals surface area (Å²) in [6, 6.07) is 9.63. The first kappa shape index (κ1) is 20.9. The number of anilines is 2. The fraction of sp³-hybridized carbons (Fsp3) is 0.130. The van der Waals surface area contributed by atoms with Gasteiger partial charge in [0.25, 0.3) is 11.2 Å². The number of nitrogen functional groups attached to an aromatic ring is 1. The highest BCUT2D eigenvalue weighted by molar-refractivity contribution is 5.77. The lowest BCUT2D eigenvalue weighted by atomic mass is 9.96. The molecule has 0 spiro atoms. The zero-order valence-electron chi connectivity index (χ0n) is 17.2. The van der Waals surface area contributed by atoms with Gasteiger partial charge >= 0.3 is 0 Å². The second kappa shape index (κ2) is 8.07. The van der Waals surface area contributed by atoms with Gasteiger partial charge in [-0.05, 0) is 55.3 Å². The Bertz CT molecular complexity index is 1460. The molecule has 0 aliphatic rings. The SMILES string of the molecule is [C-]#[N+]c1c(N)ncnc1N[C@@H](C)c1cc2ccc(F)c(C)n2c(=O)c1-c1cccc(F)c1. The third kappa shape index (κ3) is 3.52. The summed E-state index contributed by atoms with van der Waals surface area (Å²) in [5.41, 5.74) is 7.07. The van der Waals surface area contributed by atoms with Crippen molar-refractivity contribution in [1.29, 1.82) is 0 Å². The topological polar surface area (TPSA) is 89.7 Å². The molecule has 4 aromatic rings. The Labute approximate surface area is 182 Å². The minimum absolute atomic E-state index is 0.0275. The number of rotatable bonds is 4. The number of nitrogens with one attached hydrogen (secondary N) is 1. The van der Waals surface area contributed by atoms with E-state index in [0.717, 1.165) is 0 Å². The summed E-state index contributed by atoms with van der Waals surface area (Å²) in [7, 11) is 0. The molecule has 0 unspecified atom stereocenters. The standard InChI is InChI=1S/C23H18F2N6O/c1-12(30-22-20(27-3)21(26)28-11-29-22)17-10-16-7-8-18(25)13(2)31(16)23(32)19(17)14-5-4-6-15(24)9-14/h4-12H,1-2H3,(H3,26,28,29,30)/t12-/m0/s1. The van der Waals surface area contributed by atoms with Crippen molar-refractivity contribution in [1.82, 2.24) is 14.4 Å². The van der Waals surface area contributed by atoms with Gasteiger partial charge < -0.3 is 11.1 Å². The summed E-state index contributed by atoms with van der Waals surface area (Å²) in [5, 5.41) is 3.10. The van der Waals surface area contributed by atoms with E-state index >= 15 is 0 Å². The lowest BCUT2D eigenvalue weighted by molar-refractivity contribution is 0.605. The molecule has 0 fully saturated rings. The molecule has 0 bridgehead atoms. The van der Waals surface area contributed by atoms with Gasteiger partial charge in [0.05, 0.1) is 17.8 Å². The first-order valence-electron chi connectivity index (χ1n) is 9.67. The van der Waals surface area contributed by atoms with E-state index in [0.29, 0.717) is 16.6 Å². The number of aryl methyl sites for hydroxylation is 1. The molecule has 1 atom stereocenters. The van der Waals surface area contributed by atoms with Crippen LogP contribution in [0.5, 0.6) is 0 Å². The van der Waals surface area contributed by atoms with Crippen LogP contribution in [-0.4, -0.2) is 14.4 Å². The van der Waals surface area contributed by atoms with Crippen LogP contribution in [0.1, 0.15) is 24.2 Å². The van der Waals surface area contributed by atoms with Crippen molar-refractivity contribution in [2.24, 2.45) is 0 Å². The first-order valence-corrected chi connectivity index (χ1v) is 9.67. The van der Waals surface area contributed by atoms with Crippen LogP contribution in [0, 0.1) is 25.1 Å². The number of hydrogen-bond acceptors (Lipinski definition) is 5. The molecule has 0 saturated carbocycles. The quantitative estimate of drug-likeness (QED) is 0.458. The summed E-state index contributed by atoms with van der Waals surface area (Å²) in [6.45, 7) is 10.6. The van der Waals surface area contributed by atoms with Gasteiger partial charge in [-0.2, -0.15) is 0 Å². The summed E-state index contributed by atoms with van der Waals surface area (Å²) in [5.74, 6) is -0.796. The Morgan fingerprint density at radius 1 is 1.19 bits per heavy atom. The van der Waals surface area contributed by atoms with E-state index in [1.165, 1.54) is 48.0 Å². The van der Waals surface area contributed by atoms with Crippen molar-refractivity contribution < 1.29 is 8.78 Å². The summed E-state index contributed by atoms with van der Waals surface area (Å²) in [4.78, 5) is 24.8. The monoisotopic (exact) mass is 432 g/mol. The Morgan fingerprint density at radius 2 is 1.97 bits per heavy atom. The number of nitrogens with two attached hydrogens (primary N) is 1. The third-order valence-electron chi connectivity index (χ3n) is 5.24. The largest absolute Gasteiger partial charge is 0.392 e. The van der Waals surface area contributed by atoms with Crippen LogP contribution in [0.4, 0.5) is 26.1 Å². The third-order valence-corrected chi connectivity index (χ3v) is 5.24. The second-order valence-electron chi connectivity index (χ2n) is 7.25. The zero-order chi connectivity index (χ0) is 23.0. The minimum Gasteiger partial charge on any atom is -0.392 e. The molecular formula is C23H18F2N6O. The van der Waals surface area contributed by atoms with Crippen LogP contribution in [0.25, 0.3) is 21.5 Å². The molecule has 0 aliphatic heterocycles. The van der Waals surface area contributed by atoms with Gasteiger partial charge in [-0.25, -0.2) is 23.6 Å². The van der Waals surface area contributed by atoms with Gasteiger partial charge in [-0.1, -0.05) is 12.1 Å². The molecule has 7 nitrogen and oxygen atoms in total. The Morgan fingerprint density at radius 3 is 2.69 bits per heavy atom. The van der Waals surface area contributed by atoms with Gasteiger partial charge in [0.1, 0.15) is 29.6 Å². The lowest BCUT2D eigenvalue weighted by Crippen LogP contribution is -2.23. The Balaban J connectivity index is 1.97. The molecule has 4 rings (SSSR count). The molecule has 3 aromatic heterocycles. The van der Waals surface area contributed by atoms with E-state index in [-0.39, 0.29) is 28.6 Å². The summed E-state index contributed by atoms with van der Waals surface area (Å²) in [6.07, 6.45) is 1.23. The zero-order valence-corrected chi connectivity index (χ0v) is 17.2. The van der Waals surface area contributed by atoms with Crippen LogP contribution in [0.2, 0.25) is 0 Å². The van der Waals surface area contributed by atoms with Crippen molar-refractivity contribution in [2.75, 3.05) is 11.1 Å². The molecule has 9 heteroatoms. The lowest BCUT2D eigenvalue weighted by Gasteiger charge is -2.21. The minimum atomic E-state index is -0.536. The van der Waals surface area contributed by atoms with E-state index in [4.69, 9.17) is 12.3 Å². The van der Waals surface area contributed by atoms with Crippen molar-refractivity contribution >= 4 is 22.8 Å². The number of benzene rings is 1. The molecule has 160 valence electrons. The maximum Gasteiger partial charge on any atom is 0.268 e. The van der Waals surface area contributed by atoms with Gasteiger partial charge in [0.15, 0.2) is 0 Å². The molecule has 32 heavy (non-hydrogen) atoms. The smallest absolute Gasteiger partial charge is 0.268 e. The Kier molecular flexibility index (Phi) is 5.28. The molecular weight excluding hydrogens is 414 g/mol. The number of fused-ring (bicyclic) bond motifs is 1. The van der Waals surface area contributed by atoms with Gasteiger partial charge in [0, 0.05) is 11.6 Å². The van der Waals surface area contributed by atoms with E-state index in [9.17, 15) is 13.6 Å². The summed E-state index contributed by atoms with van der Waals surface area (Å²) >= 11 is 0. The maximum atomic E-state index is 14.2. The highest BCUT2D eigenvalue weighted by Crippen LogP contribution is 2.33. The molecule has 3 N–H and O–H groups in total. The van der Waals surface area contributed by atoms with Crippen LogP contribution in [0.3, 0.4) is 0 Å². The predicted octanol–water partition coefficient (Wildman–Crippen LogP) is 4.65. The summed E-state index contributed by atoms with van der Waals surface area (Å²) < 4.78 is 29.5. The van der Waals surface area contributed by atoms with E-state index in [2.05, 4.69) is 20.1 Å². The van der Waals surface area contributed by atoms with Crippen molar-refractivity contribution in [3.63, 3.8) is 0 Å². The average molecular weight is 432 g/mol. The van der Waals surface area contributed by atoms with Gasteiger partial charge in [-0.3, -0.25) is 9.20 Å². The number of hydrogen-bond donors (Lipinski definition) is 2. The number of halogens is 2. The molecule has 0 amide bonds. The van der Waals surface area contributed by atoms with E-state index < -0.39 is 23.2 Å². The fourth-order valence-corrected chi connectivity index (χ4v) is 3.67. The molecule has 0 saturated heterocycles. The fourth-order valence-electron chi connectivity index (χ4n) is 3.67. The number of pyridine rings is 2. The number of aromatic nitrogens is 3. The van der Waals surface area contributed by atoms with Crippen molar-refractivity contribution in [3.05, 3.63) is 93.5 Å². The Hall–Kier alpha value is -4.32. The molecule has 0 radical (unpaired) electrons. The van der Waals surface area contributed by atoms with E-state index in [1.807, 2.05) is 0 Å². The van der Waals surface area contributed by atoms with Crippen LogP contribution >= 0.6 is 0 Å². The highest BCUT2D eigenvalue weighted by atomic mass is 19.1. The van der Waals surface area contributed by atoms with Crippen LogP contribution < -0.4 is 16.6 Å². The van der Waals surface area contributed by atoms with Crippen molar-refractivity contribution in [2.45, 2.75) is 19.9 Å². The van der Waals surface area contributed by atoms with E-state index in [1.54, 1.807) is 19.1 Å².